The van der Waals surface area contributed by atoms with Gasteiger partial charge in [0.25, 0.3) is 0 Å². The molecule has 1 heterocycles. The minimum Gasteiger partial charge on any atom is -0.449 e. The number of rotatable bonds is 1. The van der Waals surface area contributed by atoms with E-state index in [9.17, 15) is 18.0 Å². The first-order valence-electron chi connectivity index (χ1n) is 5.91. The van der Waals surface area contributed by atoms with Gasteiger partial charge in [-0.1, -0.05) is 29.8 Å². The van der Waals surface area contributed by atoms with Crippen LogP contribution in [0.2, 0.25) is 0 Å². The molecule has 1 amide bonds. The summed E-state index contributed by atoms with van der Waals surface area (Å²) in [5.41, 5.74) is -0.866. The second kappa shape index (κ2) is 6.04. The summed E-state index contributed by atoms with van der Waals surface area (Å²) in [4.78, 5) is 11.4. The Morgan fingerprint density at radius 1 is 1.38 bits per heavy atom. The Morgan fingerprint density at radius 2 is 2.00 bits per heavy atom. The second-order valence-electron chi connectivity index (χ2n) is 5.38. The molecule has 8 heteroatoms. The van der Waals surface area contributed by atoms with Crippen LogP contribution in [0, 0.1) is 5.41 Å². The van der Waals surface area contributed by atoms with Gasteiger partial charge in [0.2, 0.25) is 0 Å². The maximum absolute atomic E-state index is 12.8. The van der Waals surface area contributed by atoms with Crippen LogP contribution in [-0.4, -0.2) is 12.7 Å². The lowest BCUT2D eigenvalue weighted by molar-refractivity contribution is -0.137. The van der Waals surface area contributed by atoms with Crippen molar-refractivity contribution in [2.45, 2.75) is 26.1 Å². The predicted octanol–water partition coefficient (Wildman–Crippen LogP) is 4.70. The van der Waals surface area contributed by atoms with Crippen molar-refractivity contribution in [1.29, 1.82) is 0 Å². The van der Waals surface area contributed by atoms with Crippen molar-refractivity contribution in [3.8, 4) is 0 Å². The van der Waals surface area contributed by atoms with Crippen molar-refractivity contribution in [1.82, 2.24) is 5.32 Å². The Balaban J connectivity index is 0.00000220. The van der Waals surface area contributed by atoms with Crippen molar-refractivity contribution >= 4 is 34.4 Å². The number of amides is 1. The molecule has 21 heavy (non-hydrogen) atoms. The molecule has 1 aliphatic heterocycles. The third-order valence-corrected chi connectivity index (χ3v) is 3.98. The first-order valence-corrected chi connectivity index (χ1v) is 6.70. The third-order valence-electron chi connectivity index (χ3n) is 3.25. The van der Waals surface area contributed by atoms with E-state index in [2.05, 4.69) is 21.2 Å². The lowest BCUT2D eigenvalue weighted by atomic mass is 9.80. The number of carbonyl (C=O) groups is 1. The summed E-state index contributed by atoms with van der Waals surface area (Å²) < 4.78 is 43.8. The van der Waals surface area contributed by atoms with Gasteiger partial charge in [-0.3, -0.25) is 0 Å². The van der Waals surface area contributed by atoms with E-state index >= 15 is 0 Å². The van der Waals surface area contributed by atoms with Crippen LogP contribution in [0.25, 0.3) is 0 Å². The van der Waals surface area contributed by atoms with Gasteiger partial charge >= 0.3 is 12.3 Å². The molecule has 1 fully saturated rings. The summed E-state index contributed by atoms with van der Waals surface area (Å²) in [5, 5.41) is 2.58. The molecule has 1 saturated heterocycles. The summed E-state index contributed by atoms with van der Waals surface area (Å²) >= 11 is 3.24. The molecule has 1 aromatic carbocycles. The van der Waals surface area contributed by atoms with Crippen LogP contribution < -0.4 is 5.32 Å². The normalized spacial score (nSPS) is 21.0. The largest absolute Gasteiger partial charge is 0.449 e. The Labute approximate surface area is 134 Å². The fourth-order valence-corrected chi connectivity index (χ4v) is 2.61. The molecule has 0 aromatic heterocycles. The monoisotopic (exact) mass is 387 g/mol. The van der Waals surface area contributed by atoms with E-state index in [-0.39, 0.29) is 19.0 Å². The van der Waals surface area contributed by atoms with Crippen LogP contribution in [-0.2, 0) is 10.9 Å². The summed E-state index contributed by atoms with van der Waals surface area (Å²) in [7, 11) is 0. The summed E-state index contributed by atoms with van der Waals surface area (Å²) in [5.74, 6) is 0. The van der Waals surface area contributed by atoms with Crippen LogP contribution in [0.15, 0.2) is 22.7 Å². The third kappa shape index (κ3) is 3.83. The highest BCUT2D eigenvalue weighted by molar-refractivity contribution is 9.10. The number of cyclic esters (lactones) is 1. The molecule has 2 rings (SSSR count). The van der Waals surface area contributed by atoms with E-state index in [1.807, 2.05) is 13.8 Å². The minimum absolute atomic E-state index is 0. The number of alkyl carbamates (subject to hydrolysis) is 1. The maximum Gasteiger partial charge on any atom is 0.416 e. The number of ether oxygens (including phenoxy) is 1. The Hall–Kier alpha value is -0.950. The zero-order valence-corrected chi connectivity index (χ0v) is 13.7. The molecular weight excluding hydrogens is 374 g/mol. The van der Waals surface area contributed by atoms with E-state index in [1.54, 1.807) is 0 Å². The van der Waals surface area contributed by atoms with Gasteiger partial charge in [0.05, 0.1) is 11.6 Å². The lowest BCUT2D eigenvalue weighted by Crippen LogP contribution is -2.47. The van der Waals surface area contributed by atoms with Crippen molar-refractivity contribution in [2.75, 3.05) is 6.61 Å². The second-order valence-corrected chi connectivity index (χ2v) is 6.23. The molecule has 1 aromatic rings. The van der Waals surface area contributed by atoms with Crippen molar-refractivity contribution < 1.29 is 22.7 Å². The molecule has 3 nitrogen and oxygen atoms in total. The zero-order valence-electron chi connectivity index (χ0n) is 11.3. The predicted molar refractivity (Wildman–Crippen MR) is 77.4 cm³/mol. The summed E-state index contributed by atoms with van der Waals surface area (Å²) in [6.45, 7) is 3.79. The molecular formula is C13H14BrClF3NO2. The summed E-state index contributed by atoms with van der Waals surface area (Å²) in [6, 6.07) is 2.85. The van der Waals surface area contributed by atoms with Crippen LogP contribution in [0.3, 0.4) is 0 Å². The van der Waals surface area contributed by atoms with E-state index in [4.69, 9.17) is 4.74 Å². The maximum atomic E-state index is 12.8. The van der Waals surface area contributed by atoms with Gasteiger partial charge in [-0.15, -0.1) is 12.4 Å². The van der Waals surface area contributed by atoms with Crippen molar-refractivity contribution in [3.63, 3.8) is 0 Å². The SMILES string of the molecule is CC1(C)COC(=O)N[C@H]1c1cc(C(F)(F)F)ccc1Br.Cl. The number of hydrogen-bond acceptors (Lipinski definition) is 2. The molecule has 0 bridgehead atoms. The highest BCUT2D eigenvalue weighted by atomic mass is 79.9. The van der Waals surface area contributed by atoms with E-state index < -0.39 is 29.3 Å². The first-order chi connectivity index (χ1) is 9.11. The zero-order chi connectivity index (χ0) is 15.1. The van der Waals surface area contributed by atoms with Gasteiger partial charge in [-0.05, 0) is 23.8 Å². The highest BCUT2D eigenvalue weighted by Gasteiger charge is 2.40. The van der Waals surface area contributed by atoms with Gasteiger partial charge in [0, 0.05) is 9.89 Å². The quantitative estimate of drug-likeness (QED) is 0.757. The molecule has 0 unspecified atom stereocenters. The van der Waals surface area contributed by atoms with E-state index in [0.717, 1.165) is 12.1 Å². The average Bonchev–Trinajstić information content (AvgIpc) is 2.32. The number of carbonyl (C=O) groups excluding carboxylic acids is 1. The standard InChI is InChI=1S/C13H13BrF3NO2.ClH/c1-12(2)6-20-11(19)18-10(12)8-5-7(13(15,16)17)3-4-9(8)14;/h3-5,10H,6H2,1-2H3,(H,18,19);1H/t10-;/m0./s1. The van der Waals surface area contributed by atoms with Crippen LogP contribution in [0.5, 0.6) is 0 Å². The number of benzene rings is 1. The number of nitrogens with one attached hydrogen (secondary N) is 1. The number of hydrogen-bond donors (Lipinski definition) is 1. The molecule has 1 aliphatic rings. The van der Waals surface area contributed by atoms with Gasteiger partial charge in [-0.2, -0.15) is 13.2 Å². The topological polar surface area (TPSA) is 38.3 Å². The molecule has 1 N–H and O–H groups in total. The average molecular weight is 389 g/mol. The Morgan fingerprint density at radius 3 is 2.57 bits per heavy atom. The highest BCUT2D eigenvalue weighted by Crippen LogP contribution is 2.41. The van der Waals surface area contributed by atoms with Gasteiger partial charge in [0.1, 0.15) is 6.61 Å². The fourth-order valence-electron chi connectivity index (χ4n) is 2.13. The minimum atomic E-state index is -4.42. The smallest absolute Gasteiger partial charge is 0.416 e. The van der Waals surface area contributed by atoms with Crippen molar-refractivity contribution in [2.24, 2.45) is 5.41 Å². The molecule has 0 aliphatic carbocycles. The molecule has 0 spiro atoms. The molecule has 0 saturated carbocycles. The van der Waals surface area contributed by atoms with Crippen LogP contribution >= 0.6 is 28.3 Å². The molecule has 1 atom stereocenters. The van der Waals surface area contributed by atoms with E-state index in [1.165, 1.54) is 6.07 Å². The summed E-state index contributed by atoms with van der Waals surface area (Å²) in [6.07, 6.45) is -5.05. The molecule has 118 valence electrons. The number of halogens is 5. The lowest BCUT2D eigenvalue weighted by Gasteiger charge is -2.39. The number of alkyl halides is 3. The van der Waals surface area contributed by atoms with Gasteiger partial charge in [-0.25, -0.2) is 4.79 Å². The molecule has 0 radical (unpaired) electrons. The van der Waals surface area contributed by atoms with Gasteiger partial charge < -0.3 is 10.1 Å². The van der Waals surface area contributed by atoms with E-state index in [0.29, 0.717) is 10.0 Å². The van der Waals surface area contributed by atoms with Crippen molar-refractivity contribution in [3.05, 3.63) is 33.8 Å². The Bertz CT molecular complexity index is 549. The van der Waals surface area contributed by atoms with Crippen LogP contribution in [0.1, 0.15) is 31.0 Å². The fraction of sp³-hybridized carbons (Fsp3) is 0.462. The van der Waals surface area contributed by atoms with Crippen LogP contribution in [0.4, 0.5) is 18.0 Å². The Kier molecular flexibility index (Phi) is 5.21. The first kappa shape index (κ1) is 18.1. The van der Waals surface area contributed by atoms with Gasteiger partial charge in [0.15, 0.2) is 0 Å².